The van der Waals surface area contributed by atoms with Crippen LogP contribution in [0, 0.1) is 0 Å². The van der Waals surface area contributed by atoms with Crippen LogP contribution in [0.15, 0.2) is 0 Å². The normalized spacial score (nSPS) is 12.5. The van der Waals surface area contributed by atoms with Crippen molar-refractivity contribution in [3.8, 4) is 0 Å². The van der Waals surface area contributed by atoms with Gasteiger partial charge in [0.05, 0.1) is 10.5 Å². The Kier molecular flexibility index (Phi) is 4.38. The fourth-order valence-corrected chi connectivity index (χ4v) is 1.90. The highest BCUT2D eigenvalue weighted by Crippen LogP contribution is 2.16. The molecule has 0 aromatic rings. The maximum Gasteiger partial charge on any atom is 0.404 e. The molecule has 0 aliphatic carbocycles. The number of hydrogen-bond donors (Lipinski definition) is 2. The largest absolute Gasteiger partial charge is 0.465 e. The van der Waals surface area contributed by atoms with Crippen LogP contribution >= 0.6 is 0 Å². The zero-order valence-electron chi connectivity index (χ0n) is 8.70. The third-order valence-electron chi connectivity index (χ3n) is 1.80. The monoisotopic (exact) mass is 223 g/mol. The van der Waals surface area contributed by atoms with Crippen molar-refractivity contribution in [2.45, 2.75) is 31.9 Å². The van der Waals surface area contributed by atoms with Crippen LogP contribution < -0.4 is 5.32 Å². The van der Waals surface area contributed by atoms with Gasteiger partial charge in [0, 0.05) is 6.54 Å². The molecule has 0 spiro atoms. The molecule has 0 saturated carbocycles. The lowest BCUT2D eigenvalue weighted by Gasteiger charge is -2.18. The highest BCUT2D eigenvalue weighted by atomic mass is 32.2. The predicted octanol–water partition coefficient (Wildman–Crippen LogP) is 0.857. The molecule has 14 heavy (non-hydrogen) atoms. The van der Waals surface area contributed by atoms with Crippen molar-refractivity contribution in [3.05, 3.63) is 0 Å². The number of carbonyl (C=O) groups is 1. The number of hydrogen-bond acceptors (Lipinski definition) is 3. The Morgan fingerprint density at radius 3 is 2.21 bits per heavy atom. The van der Waals surface area contributed by atoms with E-state index < -0.39 is 20.7 Å². The van der Waals surface area contributed by atoms with Crippen LogP contribution in [0.3, 0.4) is 0 Å². The van der Waals surface area contributed by atoms with Crippen LogP contribution in [0.2, 0.25) is 0 Å². The molecule has 0 radical (unpaired) electrons. The SMILES string of the molecule is CC(C)(C)S(=O)(=O)CCCNC(=O)O. The summed E-state index contributed by atoms with van der Waals surface area (Å²) in [6.07, 6.45) is -0.815. The molecule has 0 bridgehead atoms. The molecule has 0 aliphatic rings. The van der Waals surface area contributed by atoms with Crippen LogP contribution in [0.1, 0.15) is 27.2 Å². The fraction of sp³-hybridized carbons (Fsp3) is 0.875. The van der Waals surface area contributed by atoms with Gasteiger partial charge in [-0.05, 0) is 27.2 Å². The van der Waals surface area contributed by atoms with Crippen LogP contribution in [0.4, 0.5) is 4.79 Å². The molecule has 0 fully saturated rings. The second-order valence-corrected chi connectivity index (χ2v) is 6.88. The Bertz CT molecular complexity index is 289. The summed E-state index contributed by atoms with van der Waals surface area (Å²) in [5, 5.41) is 10.4. The number of amides is 1. The van der Waals surface area contributed by atoms with Crippen molar-refractivity contribution < 1.29 is 18.3 Å². The Labute approximate surface area is 84.4 Å². The Morgan fingerprint density at radius 2 is 1.86 bits per heavy atom. The molecule has 0 atom stereocenters. The maximum absolute atomic E-state index is 11.5. The average molecular weight is 223 g/mol. The van der Waals surface area contributed by atoms with E-state index in [1.165, 1.54) is 0 Å². The summed E-state index contributed by atoms with van der Waals surface area (Å²) in [7, 11) is -3.13. The summed E-state index contributed by atoms with van der Waals surface area (Å²) in [4.78, 5) is 10.1. The Morgan fingerprint density at radius 1 is 1.36 bits per heavy atom. The third-order valence-corrected chi connectivity index (χ3v) is 4.49. The van der Waals surface area contributed by atoms with E-state index in [4.69, 9.17) is 5.11 Å². The van der Waals surface area contributed by atoms with Gasteiger partial charge in [0.15, 0.2) is 9.84 Å². The molecule has 0 unspecified atom stereocenters. The average Bonchev–Trinajstić information content (AvgIpc) is 1.95. The summed E-state index contributed by atoms with van der Waals surface area (Å²) >= 11 is 0. The van der Waals surface area contributed by atoms with E-state index in [2.05, 4.69) is 5.32 Å². The number of nitrogens with one attached hydrogen (secondary N) is 1. The van der Waals surface area contributed by atoms with Crippen molar-refractivity contribution in [1.29, 1.82) is 0 Å². The van der Waals surface area contributed by atoms with Crippen molar-refractivity contribution in [2.24, 2.45) is 0 Å². The van der Waals surface area contributed by atoms with Crippen molar-refractivity contribution >= 4 is 15.9 Å². The molecule has 0 aliphatic heterocycles. The number of sulfone groups is 1. The minimum atomic E-state index is -3.13. The minimum Gasteiger partial charge on any atom is -0.465 e. The predicted molar refractivity (Wildman–Crippen MR) is 54.2 cm³/mol. The highest BCUT2D eigenvalue weighted by Gasteiger charge is 2.27. The lowest BCUT2D eigenvalue weighted by atomic mass is 10.3. The van der Waals surface area contributed by atoms with Gasteiger partial charge < -0.3 is 10.4 Å². The summed E-state index contributed by atoms with van der Waals surface area (Å²) in [5.74, 6) is 0.0107. The third kappa shape index (κ3) is 4.45. The maximum atomic E-state index is 11.5. The quantitative estimate of drug-likeness (QED) is 0.692. The van der Waals surface area contributed by atoms with Gasteiger partial charge in [0.1, 0.15) is 0 Å². The van der Waals surface area contributed by atoms with Gasteiger partial charge in [-0.2, -0.15) is 0 Å². The summed E-state index contributed by atoms with van der Waals surface area (Å²) in [5.41, 5.74) is 0. The molecule has 1 amide bonds. The molecule has 6 heteroatoms. The lowest BCUT2D eigenvalue weighted by molar-refractivity contribution is 0.194. The molecular weight excluding hydrogens is 206 g/mol. The topological polar surface area (TPSA) is 83.5 Å². The first-order valence-corrected chi connectivity index (χ1v) is 6.01. The second-order valence-electron chi connectivity index (χ2n) is 4.02. The standard InChI is InChI=1S/C8H17NO4S/c1-8(2,3)14(12,13)6-4-5-9-7(10)11/h9H,4-6H2,1-3H3,(H,10,11). The van der Waals surface area contributed by atoms with Gasteiger partial charge in [-0.15, -0.1) is 0 Å². The minimum absolute atomic E-state index is 0.0107. The first kappa shape index (κ1) is 13.2. The summed E-state index contributed by atoms with van der Waals surface area (Å²) in [6.45, 7) is 5.07. The molecule has 0 rings (SSSR count). The highest BCUT2D eigenvalue weighted by molar-refractivity contribution is 7.92. The fourth-order valence-electron chi connectivity index (χ4n) is 0.764. The van der Waals surface area contributed by atoms with Gasteiger partial charge in [-0.3, -0.25) is 0 Å². The summed E-state index contributed by atoms with van der Waals surface area (Å²) < 4.78 is 22.3. The van der Waals surface area contributed by atoms with E-state index >= 15 is 0 Å². The molecule has 5 nitrogen and oxygen atoms in total. The van der Waals surface area contributed by atoms with E-state index in [1.807, 2.05) is 0 Å². The van der Waals surface area contributed by atoms with Gasteiger partial charge in [-0.1, -0.05) is 0 Å². The van der Waals surface area contributed by atoms with Crippen LogP contribution in [-0.2, 0) is 9.84 Å². The van der Waals surface area contributed by atoms with Crippen LogP contribution in [0.5, 0.6) is 0 Å². The van der Waals surface area contributed by atoms with E-state index in [0.717, 1.165) is 0 Å². The second kappa shape index (κ2) is 4.63. The molecule has 0 saturated heterocycles. The van der Waals surface area contributed by atoms with Gasteiger partial charge >= 0.3 is 6.09 Å². The van der Waals surface area contributed by atoms with Crippen molar-refractivity contribution in [3.63, 3.8) is 0 Å². The molecule has 0 heterocycles. The lowest BCUT2D eigenvalue weighted by Crippen LogP contribution is -2.32. The van der Waals surface area contributed by atoms with E-state index in [-0.39, 0.29) is 12.3 Å². The number of rotatable bonds is 4. The van der Waals surface area contributed by atoms with Gasteiger partial charge in [-0.25, -0.2) is 13.2 Å². The number of carboxylic acid groups (broad SMARTS) is 1. The van der Waals surface area contributed by atoms with Crippen LogP contribution in [-0.4, -0.2) is 36.7 Å². The Hall–Kier alpha value is -0.780. The Balaban J connectivity index is 3.97. The first-order chi connectivity index (χ1) is 6.17. The zero-order valence-corrected chi connectivity index (χ0v) is 9.52. The molecule has 84 valence electrons. The van der Waals surface area contributed by atoms with E-state index in [0.29, 0.717) is 6.42 Å². The molecule has 2 N–H and O–H groups in total. The van der Waals surface area contributed by atoms with Crippen molar-refractivity contribution in [2.75, 3.05) is 12.3 Å². The molecule has 0 aromatic carbocycles. The first-order valence-electron chi connectivity index (χ1n) is 4.36. The summed E-state index contributed by atoms with van der Waals surface area (Å²) in [6, 6.07) is 0. The molecule has 0 aromatic heterocycles. The smallest absolute Gasteiger partial charge is 0.404 e. The zero-order chi connectivity index (χ0) is 11.4. The van der Waals surface area contributed by atoms with E-state index in [1.54, 1.807) is 20.8 Å². The van der Waals surface area contributed by atoms with E-state index in [9.17, 15) is 13.2 Å². The van der Waals surface area contributed by atoms with Gasteiger partial charge in [0.2, 0.25) is 0 Å². The van der Waals surface area contributed by atoms with Crippen LogP contribution in [0.25, 0.3) is 0 Å². The van der Waals surface area contributed by atoms with Crippen molar-refractivity contribution in [1.82, 2.24) is 5.32 Å². The van der Waals surface area contributed by atoms with Gasteiger partial charge in [0.25, 0.3) is 0 Å². The molecular formula is C8H17NO4S.